The summed E-state index contributed by atoms with van der Waals surface area (Å²) in [5.74, 6) is -2.88. The number of hydrogen-bond acceptors (Lipinski definition) is 15. The fourth-order valence-electron chi connectivity index (χ4n) is 8.79. The molecule has 2 atom stereocenters. The third-order valence-corrected chi connectivity index (χ3v) is 14.1. The lowest BCUT2D eigenvalue weighted by Gasteiger charge is -2.25. The molecule has 1 aliphatic heterocycles. The molecule has 0 saturated heterocycles. The molecule has 17 nitrogen and oxygen atoms in total. The summed E-state index contributed by atoms with van der Waals surface area (Å²) in [4.78, 5) is 74.4. The van der Waals surface area contributed by atoms with Gasteiger partial charge in [0.05, 0.1) is 25.4 Å². The lowest BCUT2D eigenvalue weighted by molar-refractivity contribution is -0.268. The Morgan fingerprint density at radius 3 is 1.91 bits per heavy atom. The first kappa shape index (κ1) is 63.9. The van der Waals surface area contributed by atoms with E-state index in [1.54, 1.807) is 12.1 Å². The molecule has 0 saturated carbocycles. The maximum Gasteiger partial charge on any atom is 0.336 e. The third-order valence-electron chi connectivity index (χ3n) is 12.9. The van der Waals surface area contributed by atoms with E-state index in [1.165, 1.54) is 100 Å². The molecule has 0 radical (unpaired) electrons. The van der Waals surface area contributed by atoms with E-state index in [0.29, 0.717) is 36.0 Å². The van der Waals surface area contributed by atoms with Crippen molar-refractivity contribution in [1.82, 2.24) is 5.32 Å². The Labute approximate surface area is 458 Å². The predicted molar refractivity (Wildman–Crippen MR) is 298 cm³/mol. The zero-order chi connectivity index (χ0) is 55.7. The number of anilines is 1. The molecule has 2 aromatic carbocycles. The first-order chi connectivity index (χ1) is 37.2. The number of thiocarbonyl (C=S) groups is 1. The van der Waals surface area contributed by atoms with Crippen LogP contribution >= 0.6 is 20.0 Å². The van der Waals surface area contributed by atoms with Crippen LogP contribution in [0.5, 0.6) is 5.75 Å². The maximum absolute atomic E-state index is 12.9. The fraction of sp³-hybridized carbons (Fsp3) is 0.552. The number of fused-ring (bicyclic) bond motifs is 2. The molecule has 3 N–H and O–H groups in total. The molecule has 0 bridgehead atoms. The Hall–Kier alpha value is -5.65. The summed E-state index contributed by atoms with van der Waals surface area (Å²) in [5.41, 5.74) is 1.20. The number of esters is 3. The molecule has 2 aliphatic rings. The number of carbonyl (C=O) groups is 4. The summed E-state index contributed by atoms with van der Waals surface area (Å²) in [6.45, 7) is 4.43. The highest BCUT2D eigenvalue weighted by molar-refractivity contribution is 7.80. The topological polar surface area (TPSA) is 252 Å². The Kier molecular flexibility index (Phi) is 30.2. The number of nitrogens with one attached hydrogen (secondary N) is 2. The van der Waals surface area contributed by atoms with Crippen molar-refractivity contribution in [2.75, 3.05) is 38.3 Å². The number of phosphoric acid groups is 1. The predicted octanol–water partition coefficient (Wildman–Crippen LogP) is 12.1. The van der Waals surface area contributed by atoms with Crippen LogP contribution in [-0.4, -0.2) is 73.2 Å². The van der Waals surface area contributed by atoms with E-state index in [9.17, 15) is 43.6 Å². The molecular formula is C58H79N2O15PS-2. The van der Waals surface area contributed by atoms with Gasteiger partial charge in [-0.1, -0.05) is 160 Å². The second-order valence-corrected chi connectivity index (χ2v) is 21.1. The highest BCUT2D eigenvalue weighted by Gasteiger charge is 2.24. The molecule has 4 rings (SSSR count). The van der Waals surface area contributed by atoms with Gasteiger partial charge >= 0.3 is 23.9 Å². The molecule has 77 heavy (non-hydrogen) atoms. The highest BCUT2D eigenvalue weighted by atomic mass is 32.1. The smallest absolute Gasteiger partial charge is 0.336 e. The number of unbranched alkanes of at least 4 members (excludes halogenated alkanes) is 21. The summed E-state index contributed by atoms with van der Waals surface area (Å²) in [6.07, 6.45) is 24.9. The second-order valence-electron chi connectivity index (χ2n) is 19.3. The van der Waals surface area contributed by atoms with Crippen LogP contribution in [0.2, 0.25) is 0 Å². The van der Waals surface area contributed by atoms with Crippen molar-refractivity contribution in [1.29, 1.82) is 0 Å². The fourth-order valence-corrected chi connectivity index (χ4v) is 9.75. The number of aromatic carboxylic acids is 1. The number of benzene rings is 3. The molecule has 0 amide bonds. The van der Waals surface area contributed by atoms with Gasteiger partial charge in [-0.05, 0) is 67.4 Å². The number of phosphoric ester groups is 1. The van der Waals surface area contributed by atoms with Crippen LogP contribution < -0.4 is 26.1 Å². The summed E-state index contributed by atoms with van der Waals surface area (Å²) >= 11 is 5.39. The van der Waals surface area contributed by atoms with Crippen LogP contribution in [0, 0.1) is 0 Å². The molecule has 1 aliphatic carbocycles. The lowest BCUT2D eigenvalue weighted by atomic mass is 9.90. The first-order valence-electron chi connectivity index (χ1n) is 27.5. The minimum absolute atomic E-state index is 0.0151. The van der Waals surface area contributed by atoms with Crippen LogP contribution in [-0.2, 0) is 42.2 Å². The molecule has 0 aromatic heterocycles. The Morgan fingerprint density at radius 1 is 0.714 bits per heavy atom. The van der Waals surface area contributed by atoms with Crippen molar-refractivity contribution >= 4 is 65.7 Å². The Morgan fingerprint density at radius 2 is 1.30 bits per heavy atom. The molecule has 19 heteroatoms. The third kappa shape index (κ3) is 25.6. The second kappa shape index (κ2) is 36.4. The van der Waals surface area contributed by atoms with Crippen LogP contribution in [0.15, 0.2) is 76.5 Å². The van der Waals surface area contributed by atoms with Gasteiger partial charge in [-0.3, -0.25) is 18.9 Å². The van der Waals surface area contributed by atoms with Gasteiger partial charge in [-0.15, -0.1) is 5.75 Å². The zero-order valence-electron chi connectivity index (χ0n) is 44.8. The van der Waals surface area contributed by atoms with Gasteiger partial charge in [0.1, 0.15) is 18.0 Å². The molecule has 1 heterocycles. The largest absolute Gasteiger partial charge is 0.872 e. The number of carbonyl (C=O) groups excluding carboxylic acids is 3. The van der Waals surface area contributed by atoms with Crippen molar-refractivity contribution < 1.29 is 66.5 Å². The Balaban J connectivity index is 1.22. The molecule has 424 valence electrons. The number of ether oxygens (including phenoxy) is 3. The van der Waals surface area contributed by atoms with Crippen LogP contribution in [0.4, 0.5) is 5.69 Å². The number of hydrogen-bond donors (Lipinski definition) is 3. The van der Waals surface area contributed by atoms with Crippen molar-refractivity contribution in [3.8, 4) is 28.2 Å². The monoisotopic (exact) mass is 1110 g/mol. The van der Waals surface area contributed by atoms with Gasteiger partial charge in [-0.25, -0.2) is 9.59 Å². The van der Waals surface area contributed by atoms with Crippen LogP contribution in [0.3, 0.4) is 0 Å². The number of carboxylic acids is 1. The van der Waals surface area contributed by atoms with Gasteiger partial charge in [-0.2, -0.15) is 0 Å². The first-order valence-corrected chi connectivity index (χ1v) is 29.4. The Bertz CT molecular complexity index is 2550. The van der Waals surface area contributed by atoms with Crippen LogP contribution in [0.1, 0.15) is 178 Å². The van der Waals surface area contributed by atoms with Crippen molar-refractivity contribution in [3.63, 3.8) is 0 Å². The quantitative estimate of drug-likeness (QED) is 0.00710. The standard InChI is InChI=1S/C58H81N2O15PS/c1-3-5-6-7-8-9-10-11-12-15-18-21-24-27-54(64)71-41-46(74-55(65)28-25-22-19-16-13-14-17-20-23-26-36-70-53(63)4-2)42-73-76(68,69)72-37-35-59-58(77)60-43-29-32-47(50(38-43)57(66)67)56-48-33-30-44(61)39-51(48)75-52-40-45(62)31-34-49(52)56/h4,29-34,38-40,46,61H,2-3,5-28,35-37,41-42H2,1H3,(H,66,67)(H,68,69)(H2,59,60,77)/p-2. The van der Waals surface area contributed by atoms with Gasteiger partial charge in [0.25, 0.3) is 7.82 Å². The average Bonchev–Trinajstić information content (AvgIpc) is 3.40. The van der Waals surface area contributed by atoms with Crippen molar-refractivity contribution in [2.24, 2.45) is 0 Å². The van der Waals surface area contributed by atoms with E-state index in [-0.39, 0.29) is 63.8 Å². The van der Waals surface area contributed by atoms with Gasteiger partial charge in [0.15, 0.2) is 16.6 Å². The zero-order valence-corrected chi connectivity index (χ0v) is 46.5. The van der Waals surface area contributed by atoms with E-state index in [1.807, 2.05) is 0 Å². The summed E-state index contributed by atoms with van der Waals surface area (Å²) < 4.78 is 44.9. The van der Waals surface area contributed by atoms with E-state index in [2.05, 4.69) is 24.1 Å². The summed E-state index contributed by atoms with van der Waals surface area (Å²) in [7, 11) is -4.97. The van der Waals surface area contributed by atoms with Crippen molar-refractivity contribution in [3.05, 3.63) is 83.0 Å². The van der Waals surface area contributed by atoms with Gasteiger partial charge in [0, 0.05) is 53.7 Å². The summed E-state index contributed by atoms with van der Waals surface area (Å²) in [5, 5.41) is 28.7. The maximum atomic E-state index is 12.9. The number of rotatable bonds is 41. The molecule has 2 unspecified atom stereocenters. The number of carboxylic acid groups (broad SMARTS) is 1. The minimum atomic E-state index is -4.97. The lowest BCUT2D eigenvalue weighted by Crippen LogP contribution is -2.32. The van der Waals surface area contributed by atoms with Crippen molar-refractivity contribution in [2.45, 2.75) is 174 Å². The molecular weight excluding hydrogens is 1030 g/mol. The van der Waals surface area contributed by atoms with E-state index < -0.39 is 57.6 Å². The highest BCUT2D eigenvalue weighted by Crippen LogP contribution is 2.42. The molecule has 0 fully saturated rings. The van der Waals surface area contributed by atoms with E-state index >= 15 is 0 Å². The molecule has 0 spiro atoms. The summed E-state index contributed by atoms with van der Waals surface area (Å²) in [6, 6.07) is 12.8. The normalized spacial score (nSPS) is 12.4. The van der Waals surface area contributed by atoms with Crippen LogP contribution in [0.25, 0.3) is 33.4 Å². The van der Waals surface area contributed by atoms with E-state index in [0.717, 1.165) is 83.1 Å². The minimum Gasteiger partial charge on any atom is -0.872 e. The van der Waals surface area contributed by atoms with Gasteiger partial charge in [0.2, 0.25) is 0 Å². The van der Waals surface area contributed by atoms with E-state index in [4.69, 9.17) is 39.9 Å². The average molecular weight is 1110 g/mol. The SMILES string of the molecule is C=CC(=O)OCCCCCCCCCCCCC(=O)OC(COC(=O)CCCCCCCCCCCCCCC)COP(=O)([O-])OCCNC(=S)Nc1ccc(-c2c3ccc(=O)cc-3oc3cc([O-])ccc23)c(C(=O)O)c1. The van der Waals surface area contributed by atoms with Gasteiger partial charge < -0.3 is 53.4 Å². The molecule has 2 aromatic rings.